The van der Waals surface area contributed by atoms with E-state index in [1.54, 1.807) is 0 Å². The molecular weight excluding hydrogens is 276 g/mol. The van der Waals surface area contributed by atoms with Crippen LogP contribution in [0.5, 0.6) is 0 Å². The Morgan fingerprint density at radius 3 is 2.64 bits per heavy atom. The van der Waals surface area contributed by atoms with Gasteiger partial charge < -0.3 is 15.0 Å². The van der Waals surface area contributed by atoms with Gasteiger partial charge in [0.1, 0.15) is 5.60 Å². The molecule has 1 aliphatic rings. The molecule has 1 N–H and O–H groups in total. The highest BCUT2D eigenvalue weighted by Gasteiger charge is 2.31. The Balaban J connectivity index is 2.57. The Hall–Kier alpha value is -1.03. The third kappa shape index (κ3) is 6.82. The molecular formula is C18H34N2O2. The normalized spacial score (nSPS) is 22.0. The second kappa shape index (κ2) is 8.56. The third-order valence-electron chi connectivity index (χ3n) is 3.97. The SMILES string of the molecule is C=CCC(C)NC(C)CC1CCCCN1C(=O)OC(C)(C)C. The molecule has 4 heteroatoms. The summed E-state index contributed by atoms with van der Waals surface area (Å²) in [6, 6.07) is 1.08. The van der Waals surface area contributed by atoms with Crippen molar-refractivity contribution in [2.45, 2.75) is 90.4 Å². The lowest BCUT2D eigenvalue weighted by molar-refractivity contribution is 0.00782. The zero-order valence-electron chi connectivity index (χ0n) is 15.0. The van der Waals surface area contributed by atoms with E-state index in [4.69, 9.17) is 4.74 Å². The van der Waals surface area contributed by atoms with Gasteiger partial charge in [-0.15, -0.1) is 6.58 Å². The molecule has 128 valence electrons. The number of rotatable bonds is 6. The summed E-state index contributed by atoms with van der Waals surface area (Å²) in [6.07, 6.45) is 7.05. The molecule has 1 amide bonds. The van der Waals surface area contributed by atoms with E-state index in [1.807, 2.05) is 31.7 Å². The number of hydrogen-bond acceptors (Lipinski definition) is 3. The maximum absolute atomic E-state index is 12.4. The van der Waals surface area contributed by atoms with E-state index in [9.17, 15) is 4.79 Å². The summed E-state index contributed by atoms with van der Waals surface area (Å²) in [4.78, 5) is 14.3. The zero-order chi connectivity index (χ0) is 16.8. The Morgan fingerprint density at radius 2 is 2.05 bits per heavy atom. The lowest BCUT2D eigenvalue weighted by Gasteiger charge is -2.38. The van der Waals surface area contributed by atoms with Gasteiger partial charge in [0.15, 0.2) is 0 Å². The van der Waals surface area contributed by atoms with E-state index in [0.29, 0.717) is 12.1 Å². The van der Waals surface area contributed by atoms with Gasteiger partial charge in [0, 0.05) is 24.7 Å². The molecule has 22 heavy (non-hydrogen) atoms. The molecule has 1 rings (SSSR count). The highest BCUT2D eigenvalue weighted by Crippen LogP contribution is 2.23. The van der Waals surface area contributed by atoms with Gasteiger partial charge in [-0.05, 0) is 66.7 Å². The smallest absolute Gasteiger partial charge is 0.410 e. The average Bonchev–Trinajstić information content (AvgIpc) is 2.37. The maximum Gasteiger partial charge on any atom is 0.410 e. The lowest BCUT2D eigenvalue weighted by atomic mass is 9.96. The van der Waals surface area contributed by atoms with Crippen molar-refractivity contribution < 1.29 is 9.53 Å². The molecule has 1 heterocycles. The van der Waals surface area contributed by atoms with Crippen LogP contribution in [0.25, 0.3) is 0 Å². The summed E-state index contributed by atoms with van der Waals surface area (Å²) < 4.78 is 5.56. The number of amides is 1. The number of nitrogens with zero attached hydrogens (tertiary/aromatic N) is 1. The molecule has 0 aromatic carbocycles. The Labute approximate surface area is 136 Å². The fourth-order valence-electron chi connectivity index (χ4n) is 3.09. The summed E-state index contributed by atoms with van der Waals surface area (Å²) in [7, 11) is 0. The molecule has 0 aromatic heterocycles. The van der Waals surface area contributed by atoms with Gasteiger partial charge in [0.05, 0.1) is 0 Å². The second-order valence-corrected chi connectivity index (χ2v) is 7.55. The van der Waals surface area contributed by atoms with E-state index < -0.39 is 5.60 Å². The highest BCUT2D eigenvalue weighted by molar-refractivity contribution is 5.68. The molecule has 1 aliphatic heterocycles. The van der Waals surface area contributed by atoms with Crippen LogP contribution in [0, 0.1) is 0 Å². The molecule has 3 atom stereocenters. The molecule has 0 bridgehead atoms. The fourth-order valence-corrected chi connectivity index (χ4v) is 3.09. The van der Waals surface area contributed by atoms with Crippen LogP contribution in [0.3, 0.4) is 0 Å². The van der Waals surface area contributed by atoms with Crippen LogP contribution in [0.2, 0.25) is 0 Å². The standard InChI is InChI=1S/C18H34N2O2/c1-7-10-14(2)19-15(3)13-16-11-8-9-12-20(16)17(21)22-18(4,5)6/h7,14-16,19H,1,8-13H2,2-6H3. The van der Waals surface area contributed by atoms with Crippen molar-refractivity contribution in [3.05, 3.63) is 12.7 Å². The predicted octanol–water partition coefficient (Wildman–Crippen LogP) is 4.11. The minimum atomic E-state index is -0.429. The fraction of sp³-hybridized carbons (Fsp3) is 0.833. The summed E-state index contributed by atoms with van der Waals surface area (Å²) >= 11 is 0. The number of nitrogens with one attached hydrogen (secondary N) is 1. The van der Waals surface area contributed by atoms with E-state index >= 15 is 0 Å². The molecule has 0 aromatic rings. The van der Waals surface area contributed by atoms with Gasteiger partial charge in [0.2, 0.25) is 0 Å². The molecule has 1 fully saturated rings. The summed E-state index contributed by atoms with van der Waals surface area (Å²) in [5.74, 6) is 0. The number of ether oxygens (including phenoxy) is 1. The van der Waals surface area contributed by atoms with Crippen LogP contribution in [-0.4, -0.2) is 41.3 Å². The molecule has 0 aliphatic carbocycles. The quantitative estimate of drug-likeness (QED) is 0.751. The molecule has 0 radical (unpaired) electrons. The van der Waals surface area contributed by atoms with Crippen molar-refractivity contribution in [3.8, 4) is 0 Å². The van der Waals surface area contributed by atoms with Crippen molar-refractivity contribution in [1.29, 1.82) is 0 Å². The Morgan fingerprint density at radius 1 is 1.36 bits per heavy atom. The summed E-state index contributed by atoms with van der Waals surface area (Å²) in [6.45, 7) is 14.7. The molecule has 3 unspecified atom stereocenters. The minimum absolute atomic E-state index is 0.163. The third-order valence-corrected chi connectivity index (χ3v) is 3.97. The first-order valence-corrected chi connectivity index (χ1v) is 8.59. The molecule has 0 spiro atoms. The largest absolute Gasteiger partial charge is 0.444 e. The predicted molar refractivity (Wildman–Crippen MR) is 92.1 cm³/mol. The topological polar surface area (TPSA) is 41.6 Å². The van der Waals surface area contributed by atoms with E-state index in [-0.39, 0.29) is 12.1 Å². The van der Waals surface area contributed by atoms with Gasteiger partial charge in [-0.2, -0.15) is 0 Å². The first kappa shape index (κ1) is 19.0. The van der Waals surface area contributed by atoms with Crippen LogP contribution in [-0.2, 0) is 4.74 Å². The van der Waals surface area contributed by atoms with Crippen LogP contribution >= 0.6 is 0 Å². The number of carbonyl (C=O) groups is 1. The highest BCUT2D eigenvalue weighted by atomic mass is 16.6. The number of carbonyl (C=O) groups excluding carboxylic acids is 1. The molecule has 0 saturated carbocycles. The van der Waals surface area contributed by atoms with E-state index in [2.05, 4.69) is 25.7 Å². The van der Waals surface area contributed by atoms with Crippen molar-refractivity contribution in [3.63, 3.8) is 0 Å². The van der Waals surface area contributed by atoms with Crippen molar-refractivity contribution in [2.75, 3.05) is 6.54 Å². The number of likely N-dealkylation sites (tertiary alicyclic amines) is 1. The lowest BCUT2D eigenvalue weighted by Crippen LogP contribution is -2.49. The first-order valence-electron chi connectivity index (χ1n) is 8.59. The number of hydrogen-bond donors (Lipinski definition) is 1. The molecule has 1 saturated heterocycles. The van der Waals surface area contributed by atoms with Gasteiger partial charge in [-0.25, -0.2) is 4.79 Å². The van der Waals surface area contributed by atoms with Crippen molar-refractivity contribution >= 4 is 6.09 Å². The van der Waals surface area contributed by atoms with Crippen LogP contribution in [0.4, 0.5) is 4.79 Å². The zero-order valence-corrected chi connectivity index (χ0v) is 15.0. The van der Waals surface area contributed by atoms with Gasteiger partial charge in [0.25, 0.3) is 0 Å². The van der Waals surface area contributed by atoms with Crippen LogP contribution in [0.1, 0.15) is 66.7 Å². The monoisotopic (exact) mass is 310 g/mol. The van der Waals surface area contributed by atoms with E-state index in [1.165, 1.54) is 6.42 Å². The van der Waals surface area contributed by atoms with Gasteiger partial charge >= 0.3 is 6.09 Å². The Kier molecular flexibility index (Phi) is 7.40. The first-order chi connectivity index (χ1) is 10.2. The van der Waals surface area contributed by atoms with Gasteiger partial charge in [-0.3, -0.25) is 0 Å². The van der Waals surface area contributed by atoms with E-state index in [0.717, 1.165) is 32.2 Å². The van der Waals surface area contributed by atoms with Crippen LogP contribution in [0.15, 0.2) is 12.7 Å². The maximum atomic E-state index is 12.4. The van der Waals surface area contributed by atoms with Crippen LogP contribution < -0.4 is 5.32 Å². The minimum Gasteiger partial charge on any atom is -0.444 e. The Bertz CT molecular complexity index is 363. The number of piperidine rings is 1. The second-order valence-electron chi connectivity index (χ2n) is 7.55. The van der Waals surface area contributed by atoms with Gasteiger partial charge in [-0.1, -0.05) is 6.08 Å². The van der Waals surface area contributed by atoms with Crippen molar-refractivity contribution in [2.24, 2.45) is 0 Å². The summed E-state index contributed by atoms with van der Waals surface area (Å²) in [5.41, 5.74) is -0.429. The molecule has 4 nitrogen and oxygen atoms in total. The summed E-state index contributed by atoms with van der Waals surface area (Å²) in [5, 5.41) is 3.59. The van der Waals surface area contributed by atoms with Crippen molar-refractivity contribution in [1.82, 2.24) is 10.2 Å². The average molecular weight is 310 g/mol.